The summed E-state index contributed by atoms with van der Waals surface area (Å²) >= 11 is 0. The summed E-state index contributed by atoms with van der Waals surface area (Å²) in [5, 5.41) is 2.42. The Hall–Kier alpha value is -2.43. The van der Waals surface area contributed by atoms with E-state index < -0.39 is 11.7 Å². The van der Waals surface area contributed by atoms with Gasteiger partial charge >= 0.3 is 0 Å². The number of hydrogen-bond acceptors (Lipinski definition) is 3. The molecule has 0 aliphatic carbocycles. The standard InChI is InChI=1S/C13H10FNO3/c1-15-13(17)11-6-8(14)2-4-10(11)12-5-3-9(7-16)18-12/h2-7H,1H3,(H,15,17). The van der Waals surface area contributed by atoms with E-state index in [1.807, 2.05) is 0 Å². The second-order valence-electron chi connectivity index (χ2n) is 3.59. The van der Waals surface area contributed by atoms with Gasteiger partial charge in [-0.15, -0.1) is 0 Å². The van der Waals surface area contributed by atoms with Crippen LogP contribution in [0.5, 0.6) is 0 Å². The summed E-state index contributed by atoms with van der Waals surface area (Å²) in [7, 11) is 1.45. The van der Waals surface area contributed by atoms with Crippen LogP contribution in [-0.4, -0.2) is 19.2 Å². The van der Waals surface area contributed by atoms with Crippen LogP contribution in [0, 0.1) is 5.82 Å². The fourth-order valence-corrected chi connectivity index (χ4v) is 1.61. The lowest BCUT2D eigenvalue weighted by molar-refractivity contribution is 0.0963. The lowest BCUT2D eigenvalue weighted by atomic mass is 10.0. The van der Waals surface area contributed by atoms with Gasteiger partial charge in [-0.2, -0.15) is 0 Å². The van der Waals surface area contributed by atoms with Crippen molar-refractivity contribution in [2.45, 2.75) is 0 Å². The number of carbonyl (C=O) groups excluding carboxylic acids is 2. The molecule has 0 saturated heterocycles. The molecule has 0 unspecified atom stereocenters. The van der Waals surface area contributed by atoms with E-state index in [2.05, 4.69) is 5.32 Å². The SMILES string of the molecule is CNC(=O)c1cc(F)ccc1-c1ccc(C=O)o1. The highest BCUT2D eigenvalue weighted by Crippen LogP contribution is 2.26. The number of aldehydes is 1. The third-order valence-electron chi connectivity index (χ3n) is 2.46. The van der Waals surface area contributed by atoms with E-state index in [9.17, 15) is 14.0 Å². The fourth-order valence-electron chi connectivity index (χ4n) is 1.61. The monoisotopic (exact) mass is 247 g/mol. The summed E-state index contributed by atoms with van der Waals surface area (Å²) in [6.45, 7) is 0. The summed E-state index contributed by atoms with van der Waals surface area (Å²) in [6.07, 6.45) is 0.562. The van der Waals surface area contributed by atoms with Crippen molar-refractivity contribution in [2.24, 2.45) is 0 Å². The van der Waals surface area contributed by atoms with E-state index >= 15 is 0 Å². The minimum absolute atomic E-state index is 0.150. The third kappa shape index (κ3) is 2.15. The van der Waals surface area contributed by atoms with Crippen molar-refractivity contribution in [3.63, 3.8) is 0 Å². The lowest BCUT2D eigenvalue weighted by Gasteiger charge is -2.06. The van der Waals surface area contributed by atoms with Gasteiger partial charge in [-0.25, -0.2) is 4.39 Å². The first-order chi connectivity index (χ1) is 8.65. The van der Waals surface area contributed by atoms with Crippen LogP contribution in [0.1, 0.15) is 20.9 Å². The van der Waals surface area contributed by atoms with Gasteiger partial charge in [-0.1, -0.05) is 0 Å². The van der Waals surface area contributed by atoms with Gasteiger partial charge in [0.1, 0.15) is 11.6 Å². The Kier molecular flexibility index (Phi) is 3.23. The summed E-state index contributed by atoms with van der Waals surface area (Å²) in [4.78, 5) is 22.2. The van der Waals surface area contributed by atoms with Crippen molar-refractivity contribution < 1.29 is 18.4 Å². The number of hydrogen-bond donors (Lipinski definition) is 1. The molecule has 1 aromatic heterocycles. The van der Waals surface area contributed by atoms with Crippen LogP contribution < -0.4 is 5.32 Å². The molecule has 0 atom stereocenters. The van der Waals surface area contributed by atoms with Crippen molar-refractivity contribution in [2.75, 3.05) is 7.05 Å². The predicted octanol–water partition coefficient (Wildman–Crippen LogP) is 2.26. The summed E-state index contributed by atoms with van der Waals surface area (Å²) < 4.78 is 18.4. The molecule has 0 saturated carbocycles. The first-order valence-electron chi connectivity index (χ1n) is 5.22. The Bertz CT molecular complexity index is 604. The maximum Gasteiger partial charge on any atom is 0.251 e. The number of rotatable bonds is 3. The molecule has 1 N–H and O–H groups in total. The highest BCUT2D eigenvalue weighted by atomic mass is 19.1. The molecule has 1 heterocycles. The Morgan fingerprint density at radius 1 is 1.33 bits per heavy atom. The molecule has 2 aromatic rings. The molecule has 0 radical (unpaired) electrons. The van der Waals surface area contributed by atoms with E-state index in [4.69, 9.17) is 4.42 Å². The van der Waals surface area contributed by atoms with Crippen LogP contribution in [0.4, 0.5) is 4.39 Å². The van der Waals surface area contributed by atoms with Crippen molar-refractivity contribution in [3.05, 3.63) is 47.5 Å². The quantitative estimate of drug-likeness (QED) is 0.846. The van der Waals surface area contributed by atoms with Gasteiger partial charge < -0.3 is 9.73 Å². The molecule has 1 aromatic carbocycles. The first-order valence-corrected chi connectivity index (χ1v) is 5.22. The van der Waals surface area contributed by atoms with E-state index in [0.717, 1.165) is 6.07 Å². The van der Waals surface area contributed by atoms with Gasteiger partial charge in [0.05, 0.1) is 5.56 Å². The van der Waals surface area contributed by atoms with E-state index in [1.54, 1.807) is 6.07 Å². The molecule has 0 aliphatic heterocycles. The van der Waals surface area contributed by atoms with Gasteiger partial charge in [0, 0.05) is 12.6 Å². The molecule has 92 valence electrons. The van der Waals surface area contributed by atoms with Crippen LogP contribution in [-0.2, 0) is 0 Å². The van der Waals surface area contributed by atoms with E-state index in [0.29, 0.717) is 17.6 Å². The number of halogens is 1. The summed E-state index contributed by atoms with van der Waals surface area (Å²) in [5.74, 6) is -0.444. The number of benzene rings is 1. The van der Waals surface area contributed by atoms with Gasteiger partial charge in [-0.3, -0.25) is 9.59 Å². The van der Waals surface area contributed by atoms with Gasteiger partial charge in [0.2, 0.25) is 0 Å². The average molecular weight is 247 g/mol. The molecule has 0 bridgehead atoms. The van der Waals surface area contributed by atoms with Crippen LogP contribution in [0.15, 0.2) is 34.7 Å². The molecular weight excluding hydrogens is 237 g/mol. The molecule has 2 rings (SSSR count). The van der Waals surface area contributed by atoms with Gasteiger partial charge in [0.25, 0.3) is 5.91 Å². The topological polar surface area (TPSA) is 59.3 Å². The molecule has 0 spiro atoms. The second kappa shape index (κ2) is 4.83. The number of carbonyl (C=O) groups is 2. The normalized spacial score (nSPS) is 10.1. The molecule has 1 amide bonds. The van der Waals surface area contributed by atoms with Crippen molar-refractivity contribution >= 4 is 12.2 Å². The number of furan rings is 1. The largest absolute Gasteiger partial charge is 0.453 e. The van der Waals surface area contributed by atoms with Gasteiger partial charge in [0.15, 0.2) is 12.0 Å². The van der Waals surface area contributed by atoms with Crippen LogP contribution in [0.3, 0.4) is 0 Å². The van der Waals surface area contributed by atoms with Crippen molar-refractivity contribution in [1.82, 2.24) is 5.32 Å². The first kappa shape index (κ1) is 12.0. The minimum Gasteiger partial charge on any atom is -0.453 e. The zero-order valence-electron chi connectivity index (χ0n) is 9.57. The Labute approximate surface area is 102 Å². The minimum atomic E-state index is -0.514. The van der Waals surface area contributed by atoms with Gasteiger partial charge in [-0.05, 0) is 30.3 Å². The zero-order valence-corrected chi connectivity index (χ0v) is 9.57. The molecule has 0 aliphatic rings. The second-order valence-corrected chi connectivity index (χ2v) is 3.59. The van der Waals surface area contributed by atoms with Crippen LogP contribution >= 0.6 is 0 Å². The Morgan fingerprint density at radius 2 is 2.11 bits per heavy atom. The predicted molar refractivity (Wildman–Crippen MR) is 62.9 cm³/mol. The zero-order chi connectivity index (χ0) is 13.1. The maximum atomic E-state index is 13.2. The van der Waals surface area contributed by atoms with Crippen LogP contribution in [0.25, 0.3) is 11.3 Å². The highest BCUT2D eigenvalue weighted by molar-refractivity contribution is 6.00. The molecule has 18 heavy (non-hydrogen) atoms. The van der Waals surface area contributed by atoms with Crippen molar-refractivity contribution in [3.8, 4) is 11.3 Å². The van der Waals surface area contributed by atoms with Crippen LogP contribution in [0.2, 0.25) is 0 Å². The smallest absolute Gasteiger partial charge is 0.251 e. The summed E-state index contributed by atoms with van der Waals surface area (Å²) in [5.41, 5.74) is 0.591. The molecule has 4 nitrogen and oxygen atoms in total. The average Bonchev–Trinajstić information content (AvgIpc) is 2.86. The number of amides is 1. The lowest BCUT2D eigenvalue weighted by Crippen LogP contribution is -2.18. The van der Waals surface area contributed by atoms with E-state index in [1.165, 1.54) is 25.2 Å². The fraction of sp³-hybridized carbons (Fsp3) is 0.0769. The molecule has 0 fully saturated rings. The molecule has 5 heteroatoms. The Morgan fingerprint density at radius 3 is 2.72 bits per heavy atom. The van der Waals surface area contributed by atoms with E-state index in [-0.39, 0.29) is 11.3 Å². The number of nitrogens with one attached hydrogen (secondary N) is 1. The molecular formula is C13H10FNO3. The Balaban J connectivity index is 2.55. The maximum absolute atomic E-state index is 13.2. The van der Waals surface area contributed by atoms with Crippen molar-refractivity contribution in [1.29, 1.82) is 0 Å². The third-order valence-corrected chi connectivity index (χ3v) is 2.46. The summed E-state index contributed by atoms with van der Waals surface area (Å²) in [6, 6.07) is 6.83. The highest BCUT2D eigenvalue weighted by Gasteiger charge is 2.15.